The van der Waals surface area contributed by atoms with Crippen LogP contribution in [0.15, 0.2) is 33.8 Å². The molecule has 0 aromatic heterocycles. The summed E-state index contributed by atoms with van der Waals surface area (Å²) in [5, 5.41) is 3.80. The molecular weight excluding hydrogens is 246 g/mol. The summed E-state index contributed by atoms with van der Waals surface area (Å²) in [6, 6.07) is 6.93. The first kappa shape index (κ1) is 10.7. The highest BCUT2D eigenvalue weighted by Crippen LogP contribution is 2.10. The molecule has 0 heterocycles. The van der Waals surface area contributed by atoms with E-state index in [-0.39, 0.29) is 0 Å². The average molecular weight is 256 g/mol. The smallest absolute Gasteiger partial charge is 0.332 e. The number of carbonyl (C=O) groups excluding carboxylic acids is 1. The zero-order chi connectivity index (χ0) is 10.6. The second kappa shape index (κ2) is 4.76. The number of nitrogens with zero attached hydrogens (tertiary/aromatic N) is 1. The average Bonchev–Trinajstić information content (AvgIpc) is 2.15. The molecule has 3 N–H and O–H groups in total. The van der Waals surface area contributed by atoms with Crippen LogP contribution in [-0.4, -0.2) is 11.7 Å². The number of nitrogens with two attached hydrogens (primary N) is 1. The van der Waals surface area contributed by atoms with Crippen LogP contribution in [0.1, 0.15) is 12.5 Å². The maximum atomic E-state index is 10.4. The summed E-state index contributed by atoms with van der Waals surface area (Å²) in [5.41, 5.74) is 8.69. The molecule has 0 fully saturated rings. The fourth-order valence-corrected chi connectivity index (χ4v) is 1.16. The van der Waals surface area contributed by atoms with Gasteiger partial charge in [-0.1, -0.05) is 28.1 Å². The number of rotatable bonds is 2. The lowest BCUT2D eigenvalue weighted by Crippen LogP contribution is -2.25. The topological polar surface area (TPSA) is 67.5 Å². The van der Waals surface area contributed by atoms with Gasteiger partial charge < -0.3 is 5.73 Å². The SMILES string of the molecule is CC(=NNC(N)=O)c1ccc(Br)cc1. The summed E-state index contributed by atoms with van der Waals surface area (Å²) in [6.45, 7) is 1.79. The van der Waals surface area contributed by atoms with Crippen molar-refractivity contribution in [3.05, 3.63) is 34.3 Å². The molecule has 0 aliphatic heterocycles. The molecule has 0 spiro atoms. The quantitative estimate of drug-likeness (QED) is 0.615. The van der Waals surface area contributed by atoms with Crippen molar-refractivity contribution in [1.29, 1.82) is 0 Å². The minimum Gasteiger partial charge on any atom is -0.350 e. The van der Waals surface area contributed by atoms with E-state index < -0.39 is 6.03 Å². The molecule has 2 amide bonds. The van der Waals surface area contributed by atoms with Gasteiger partial charge in [-0.3, -0.25) is 0 Å². The molecule has 1 rings (SSSR count). The van der Waals surface area contributed by atoms with E-state index in [4.69, 9.17) is 5.73 Å². The molecule has 4 nitrogen and oxygen atoms in total. The van der Waals surface area contributed by atoms with Crippen molar-refractivity contribution in [1.82, 2.24) is 5.43 Å². The number of hydrazone groups is 1. The van der Waals surface area contributed by atoms with E-state index in [1.807, 2.05) is 24.3 Å². The van der Waals surface area contributed by atoms with Gasteiger partial charge in [0.15, 0.2) is 0 Å². The lowest BCUT2D eigenvalue weighted by atomic mass is 10.1. The molecule has 0 bridgehead atoms. The summed E-state index contributed by atoms with van der Waals surface area (Å²) in [4.78, 5) is 10.4. The van der Waals surface area contributed by atoms with E-state index >= 15 is 0 Å². The standard InChI is InChI=1S/C9H10BrN3O/c1-6(12-13-9(11)14)7-2-4-8(10)5-3-7/h2-5H,1H3,(H3,11,13,14). The lowest BCUT2D eigenvalue weighted by molar-refractivity contribution is 0.249. The number of urea groups is 1. The van der Waals surface area contributed by atoms with Gasteiger partial charge in [0.25, 0.3) is 0 Å². The molecule has 0 aliphatic rings. The molecule has 0 saturated carbocycles. The Morgan fingerprint density at radius 2 is 2.00 bits per heavy atom. The second-order valence-electron chi connectivity index (χ2n) is 2.68. The van der Waals surface area contributed by atoms with Gasteiger partial charge in [0.2, 0.25) is 0 Å². The molecular formula is C9H10BrN3O. The predicted molar refractivity (Wildman–Crippen MR) is 59.1 cm³/mol. The second-order valence-corrected chi connectivity index (χ2v) is 3.60. The van der Waals surface area contributed by atoms with E-state index in [1.54, 1.807) is 6.92 Å². The predicted octanol–water partition coefficient (Wildman–Crippen LogP) is 1.84. The third-order valence-corrected chi connectivity index (χ3v) is 2.12. The minimum absolute atomic E-state index is 0.665. The highest BCUT2D eigenvalue weighted by Gasteiger charge is 1.97. The Labute approximate surface area is 90.3 Å². The molecule has 0 atom stereocenters. The van der Waals surface area contributed by atoms with E-state index in [0.717, 1.165) is 10.0 Å². The normalized spacial score (nSPS) is 11.1. The van der Waals surface area contributed by atoms with Gasteiger partial charge in [0, 0.05) is 4.47 Å². The van der Waals surface area contributed by atoms with Crippen LogP contribution < -0.4 is 11.2 Å². The van der Waals surface area contributed by atoms with Crippen molar-refractivity contribution in [3.63, 3.8) is 0 Å². The van der Waals surface area contributed by atoms with Gasteiger partial charge in [-0.15, -0.1) is 0 Å². The van der Waals surface area contributed by atoms with Gasteiger partial charge >= 0.3 is 6.03 Å². The third-order valence-electron chi connectivity index (χ3n) is 1.60. The number of primary amides is 1. The van der Waals surface area contributed by atoms with Crippen molar-refractivity contribution in [2.75, 3.05) is 0 Å². The summed E-state index contributed by atoms with van der Waals surface area (Å²) >= 11 is 3.33. The maximum Gasteiger partial charge on any atom is 0.332 e. The Balaban J connectivity index is 2.78. The summed E-state index contributed by atoms with van der Waals surface area (Å²) in [7, 11) is 0. The Hall–Kier alpha value is -1.36. The minimum atomic E-state index is -0.665. The fourth-order valence-electron chi connectivity index (χ4n) is 0.895. The van der Waals surface area contributed by atoms with E-state index in [1.165, 1.54) is 0 Å². The number of amides is 2. The van der Waals surface area contributed by atoms with Crippen LogP contribution in [0.2, 0.25) is 0 Å². The zero-order valence-electron chi connectivity index (χ0n) is 7.62. The summed E-state index contributed by atoms with van der Waals surface area (Å²) in [5.74, 6) is 0. The number of halogens is 1. The van der Waals surface area contributed by atoms with Gasteiger partial charge in [-0.05, 0) is 24.6 Å². The molecule has 0 saturated heterocycles. The first-order valence-electron chi connectivity index (χ1n) is 3.95. The van der Waals surface area contributed by atoms with Crippen LogP contribution in [0.3, 0.4) is 0 Å². The maximum absolute atomic E-state index is 10.4. The first-order chi connectivity index (χ1) is 6.59. The van der Waals surface area contributed by atoms with Crippen LogP contribution in [-0.2, 0) is 0 Å². The number of hydrogen-bond acceptors (Lipinski definition) is 2. The number of carbonyl (C=O) groups is 1. The largest absolute Gasteiger partial charge is 0.350 e. The highest BCUT2D eigenvalue weighted by atomic mass is 79.9. The highest BCUT2D eigenvalue weighted by molar-refractivity contribution is 9.10. The van der Waals surface area contributed by atoms with Crippen molar-refractivity contribution < 1.29 is 4.79 Å². The van der Waals surface area contributed by atoms with Crippen LogP contribution in [0.5, 0.6) is 0 Å². The van der Waals surface area contributed by atoms with Gasteiger partial charge in [0.05, 0.1) is 5.71 Å². The summed E-state index contributed by atoms with van der Waals surface area (Å²) in [6.07, 6.45) is 0. The Morgan fingerprint density at radius 1 is 1.43 bits per heavy atom. The molecule has 0 radical (unpaired) electrons. The zero-order valence-corrected chi connectivity index (χ0v) is 9.21. The number of nitrogens with one attached hydrogen (secondary N) is 1. The molecule has 74 valence electrons. The molecule has 0 unspecified atom stereocenters. The van der Waals surface area contributed by atoms with Crippen LogP contribution >= 0.6 is 15.9 Å². The van der Waals surface area contributed by atoms with Crippen molar-refractivity contribution >= 4 is 27.7 Å². The van der Waals surface area contributed by atoms with E-state index in [9.17, 15) is 4.79 Å². The van der Waals surface area contributed by atoms with Crippen molar-refractivity contribution in [2.24, 2.45) is 10.8 Å². The third kappa shape index (κ3) is 3.18. The molecule has 1 aromatic rings. The fraction of sp³-hybridized carbons (Fsp3) is 0.111. The Bertz CT molecular complexity index is 359. The van der Waals surface area contributed by atoms with E-state index in [0.29, 0.717) is 5.71 Å². The molecule has 1 aromatic carbocycles. The first-order valence-corrected chi connectivity index (χ1v) is 4.74. The summed E-state index contributed by atoms with van der Waals surface area (Å²) < 4.78 is 0.997. The van der Waals surface area contributed by atoms with Gasteiger partial charge in [-0.25, -0.2) is 10.2 Å². The Morgan fingerprint density at radius 3 is 2.50 bits per heavy atom. The van der Waals surface area contributed by atoms with E-state index in [2.05, 4.69) is 26.5 Å². The van der Waals surface area contributed by atoms with Gasteiger partial charge in [-0.2, -0.15) is 5.10 Å². The number of benzene rings is 1. The van der Waals surface area contributed by atoms with Gasteiger partial charge in [0.1, 0.15) is 0 Å². The van der Waals surface area contributed by atoms with Crippen LogP contribution in [0, 0.1) is 0 Å². The molecule has 5 heteroatoms. The molecule has 14 heavy (non-hydrogen) atoms. The van der Waals surface area contributed by atoms with Crippen LogP contribution in [0.4, 0.5) is 4.79 Å². The van der Waals surface area contributed by atoms with Crippen molar-refractivity contribution in [3.8, 4) is 0 Å². The molecule has 0 aliphatic carbocycles. The van der Waals surface area contributed by atoms with Crippen molar-refractivity contribution in [2.45, 2.75) is 6.92 Å². The van der Waals surface area contributed by atoms with Crippen LogP contribution in [0.25, 0.3) is 0 Å². The lowest BCUT2D eigenvalue weighted by Gasteiger charge is -2.00. The monoisotopic (exact) mass is 255 g/mol. The number of hydrogen-bond donors (Lipinski definition) is 2. The Kier molecular flexibility index (Phi) is 3.64.